The van der Waals surface area contributed by atoms with E-state index in [-0.39, 0.29) is 5.91 Å². The number of methoxy groups -OCH3 is 1. The number of halogens is 1. The lowest BCUT2D eigenvalue weighted by molar-refractivity contribution is 0.102. The van der Waals surface area contributed by atoms with Gasteiger partial charge in [-0.1, -0.05) is 47.1 Å². The summed E-state index contributed by atoms with van der Waals surface area (Å²) in [6.07, 6.45) is 3.20. The van der Waals surface area contributed by atoms with E-state index in [2.05, 4.69) is 32.3 Å². The second-order valence-corrected chi connectivity index (χ2v) is 7.66. The van der Waals surface area contributed by atoms with Gasteiger partial charge in [-0.15, -0.1) is 10.2 Å². The number of carbonyl (C=O) groups excluding carboxylic acids is 1. The fourth-order valence-corrected chi connectivity index (χ4v) is 3.54. The van der Waals surface area contributed by atoms with Crippen molar-refractivity contribution in [3.63, 3.8) is 0 Å². The summed E-state index contributed by atoms with van der Waals surface area (Å²) in [6.45, 7) is 0. The van der Waals surface area contributed by atoms with E-state index in [0.29, 0.717) is 32.0 Å². The molecule has 0 aliphatic carbocycles. The van der Waals surface area contributed by atoms with Gasteiger partial charge in [0, 0.05) is 34.1 Å². The molecule has 152 valence electrons. The van der Waals surface area contributed by atoms with Gasteiger partial charge in [0.15, 0.2) is 5.01 Å². The van der Waals surface area contributed by atoms with Crippen LogP contribution in [-0.4, -0.2) is 28.2 Å². The molecule has 2 aromatic heterocycles. The minimum Gasteiger partial charge on any atom is -0.496 e. The first-order valence-corrected chi connectivity index (χ1v) is 10.3. The van der Waals surface area contributed by atoms with Crippen molar-refractivity contribution in [2.24, 2.45) is 0 Å². The minimum atomic E-state index is -0.323. The predicted molar refractivity (Wildman–Crippen MR) is 122 cm³/mol. The molecular formula is C23H15ClN4O2S. The summed E-state index contributed by atoms with van der Waals surface area (Å²) < 4.78 is 5.42. The molecule has 31 heavy (non-hydrogen) atoms. The first-order chi connectivity index (χ1) is 15.1. The van der Waals surface area contributed by atoms with Crippen LogP contribution in [0.4, 0.5) is 5.13 Å². The largest absolute Gasteiger partial charge is 0.496 e. The Morgan fingerprint density at radius 1 is 1.03 bits per heavy atom. The normalized spacial score (nSPS) is 10.1. The molecule has 2 aromatic carbocycles. The Labute approximate surface area is 187 Å². The topological polar surface area (TPSA) is 77.0 Å². The highest BCUT2D eigenvalue weighted by Gasteiger charge is 2.17. The highest BCUT2D eigenvalue weighted by atomic mass is 35.5. The second-order valence-electron chi connectivity index (χ2n) is 6.24. The third kappa shape index (κ3) is 4.89. The lowest BCUT2D eigenvalue weighted by atomic mass is 10.0. The molecule has 0 saturated heterocycles. The van der Waals surface area contributed by atoms with Crippen LogP contribution < -0.4 is 10.1 Å². The highest BCUT2D eigenvalue weighted by molar-refractivity contribution is 7.15. The number of anilines is 1. The Morgan fingerprint density at radius 2 is 1.84 bits per heavy atom. The summed E-state index contributed by atoms with van der Waals surface area (Å²) in [7, 11) is 1.59. The van der Waals surface area contributed by atoms with Crippen molar-refractivity contribution in [3.05, 3.63) is 88.1 Å². The van der Waals surface area contributed by atoms with Crippen LogP contribution in [0.15, 0.2) is 67.0 Å². The van der Waals surface area contributed by atoms with Crippen LogP contribution in [0, 0.1) is 11.8 Å². The molecule has 1 amide bonds. The predicted octanol–water partition coefficient (Wildman–Crippen LogP) is 4.91. The number of nitrogens with zero attached hydrogens (tertiary/aromatic N) is 3. The van der Waals surface area contributed by atoms with E-state index in [1.165, 1.54) is 11.3 Å². The molecule has 0 spiro atoms. The van der Waals surface area contributed by atoms with Crippen molar-refractivity contribution in [1.29, 1.82) is 0 Å². The maximum absolute atomic E-state index is 12.9. The van der Waals surface area contributed by atoms with Crippen LogP contribution in [0.1, 0.15) is 20.9 Å². The number of pyridine rings is 1. The van der Waals surface area contributed by atoms with Crippen LogP contribution in [0.2, 0.25) is 5.02 Å². The molecule has 0 atom stereocenters. The molecule has 0 radical (unpaired) electrons. The maximum atomic E-state index is 12.9. The number of ether oxygens (including phenoxy) is 1. The minimum absolute atomic E-state index is 0.323. The van der Waals surface area contributed by atoms with Gasteiger partial charge in [-0.25, -0.2) is 0 Å². The van der Waals surface area contributed by atoms with Crippen molar-refractivity contribution in [2.75, 3.05) is 12.4 Å². The number of aromatic nitrogens is 3. The number of rotatable bonds is 4. The smallest absolute Gasteiger partial charge is 0.258 e. The molecule has 0 saturated carbocycles. The number of hydrogen-bond acceptors (Lipinski definition) is 6. The summed E-state index contributed by atoms with van der Waals surface area (Å²) in [5, 5.41) is 12.3. The first-order valence-electron chi connectivity index (χ1n) is 9.14. The van der Waals surface area contributed by atoms with E-state index >= 15 is 0 Å². The molecule has 0 bridgehead atoms. The zero-order valence-electron chi connectivity index (χ0n) is 16.3. The lowest BCUT2D eigenvalue weighted by Crippen LogP contribution is -2.13. The van der Waals surface area contributed by atoms with Gasteiger partial charge in [-0.05, 0) is 42.3 Å². The van der Waals surface area contributed by atoms with Crippen LogP contribution in [-0.2, 0) is 0 Å². The lowest BCUT2D eigenvalue weighted by Gasteiger charge is -2.11. The van der Waals surface area contributed by atoms with E-state index in [1.54, 1.807) is 37.7 Å². The highest BCUT2D eigenvalue weighted by Crippen LogP contribution is 2.32. The van der Waals surface area contributed by atoms with Gasteiger partial charge < -0.3 is 4.74 Å². The zero-order valence-corrected chi connectivity index (χ0v) is 17.9. The molecule has 6 nitrogen and oxygen atoms in total. The monoisotopic (exact) mass is 446 g/mol. The standard InChI is InChI=1S/C23H15ClN4O2S/c1-30-20-5-3-2-4-17(20)19-14-25-13-12-18(19)22(29)26-23-28-27-21(31-23)11-8-15-6-9-16(24)10-7-15/h2-7,9-10,12-14H,1H3,(H,26,28,29). The number of nitrogens with one attached hydrogen (secondary N) is 1. The van der Waals surface area contributed by atoms with E-state index in [9.17, 15) is 4.79 Å². The molecule has 0 aliphatic rings. The van der Waals surface area contributed by atoms with Crippen LogP contribution >= 0.6 is 22.9 Å². The fraction of sp³-hybridized carbons (Fsp3) is 0.0435. The van der Waals surface area contributed by atoms with E-state index in [0.717, 1.165) is 11.1 Å². The van der Waals surface area contributed by atoms with Gasteiger partial charge in [0.05, 0.1) is 12.7 Å². The number of amides is 1. The summed E-state index contributed by atoms with van der Waals surface area (Å²) in [5.41, 5.74) is 2.69. The van der Waals surface area contributed by atoms with E-state index < -0.39 is 0 Å². The molecule has 0 fully saturated rings. The number of hydrogen-bond donors (Lipinski definition) is 1. The van der Waals surface area contributed by atoms with Crippen LogP contribution in [0.25, 0.3) is 11.1 Å². The average molecular weight is 447 g/mol. The molecule has 0 unspecified atom stereocenters. The molecule has 8 heteroatoms. The van der Waals surface area contributed by atoms with Crippen molar-refractivity contribution in [2.45, 2.75) is 0 Å². The van der Waals surface area contributed by atoms with E-state index in [4.69, 9.17) is 16.3 Å². The van der Waals surface area contributed by atoms with Crippen molar-refractivity contribution in [1.82, 2.24) is 15.2 Å². The number of carbonyl (C=O) groups is 1. The van der Waals surface area contributed by atoms with Gasteiger partial charge >= 0.3 is 0 Å². The Morgan fingerprint density at radius 3 is 2.65 bits per heavy atom. The van der Waals surface area contributed by atoms with Gasteiger partial charge in [-0.3, -0.25) is 15.1 Å². The van der Waals surface area contributed by atoms with Crippen molar-refractivity contribution < 1.29 is 9.53 Å². The van der Waals surface area contributed by atoms with Crippen LogP contribution in [0.3, 0.4) is 0 Å². The van der Waals surface area contributed by atoms with Gasteiger partial charge in [0.1, 0.15) is 5.75 Å². The number of benzene rings is 2. The average Bonchev–Trinajstić information content (AvgIpc) is 3.26. The summed E-state index contributed by atoms with van der Waals surface area (Å²) >= 11 is 7.07. The Bertz CT molecular complexity index is 1290. The first kappa shape index (κ1) is 20.5. The van der Waals surface area contributed by atoms with Crippen molar-refractivity contribution >= 4 is 34.0 Å². The summed E-state index contributed by atoms with van der Waals surface area (Å²) in [4.78, 5) is 17.1. The summed E-state index contributed by atoms with van der Waals surface area (Å²) in [6, 6.07) is 16.3. The number of para-hydroxylation sites is 1. The fourth-order valence-electron chi connectivity index (χ4n) is 2.82. The van der Waals surface area contributed by atoms with Crippen LogP contribution in [0.5, 0.6) is 5.75 Å². The molecule has 1 N–H and O–H groups in total. The SMILES string of the molecule is COc1ccccc1-c1cnccc1C(=O)Nc1nnc(C#Cc2ccc(Cl)cc2)s1. The second kappa shape index (κ2) is 9.39. The third-order valence-electron chi connectivity index (χ3n) is 4.27. The van der Waals surface area contributed by atoms with Gasteiger partial charge in [-0.2, -0.15) is 0 Å². The van der Waals surface area contributed by atoms with Crippen molar-refractivity contribution in [3.8, 4) is 28.7 Å². The quantitative estimate of drug-likeness (QED) is 0.450. The van der Waals surface area contributed by atoms with Gasteiger partial charge in [0.25, 0.3) is 5.91 Å². The Kier molecular flexibility index (Phi) is 6.22. The Hall–Kier alpha value is -3.73. The summed E-state index contributed by atoms with van der Waals surface area (Å²) in [5.74, 6) is 6.26. The zero-order chi connectivity index (χ0) is 21.6. The molecule has 0 aliphatic heterocycles. The Balaban J connectivity index is 1.55. The molecule has 4 aromatic rings. The van der Waals surface area contributed by atoms with Gasteiger partial charge in [0.2, 0.25) is 5.13 Å². The molecular weight excluding hydrogens is 432 g/mol. The molecule has 2 heterocycles. The third-order valence-corrected chi connectivity index (χ3v) is 5.27. The molecule has 4 rings (SSSR count). The van der Waals surface area contributed by atoms with E-state index in [1.807, 2.05) is 36.4 Å². The maximum Gasteiger partial charge on any atom is 0.258 e.